The highest BCUT2D eigenvalue weighted by atomic mass is 19.3. The second-order valence-corrected chi connectivity index (χ2v) is 2.63. The minimum atomic E-state index is -2.77. The van der Waals surface area contributed by atoms with Crippen LogP contribution in [0.15, 0.2) is 6.07 Å². The van der Waals surface area contributed by atoms with Crippen molar-refractivity contribution in [2.75, 3.05) is 5.73 Å². The summed E-state index contributed by atoms with van der Waals surface area (Å²) in [7, 11) is 0. The number of nitrogens with zero attached hydrogens (tertiary/aromatic N) is 2. The predicted molar refractivity (Wildman–Crippen MR) is 45.0 cm³/mol. The van der Waals surface area contributed by atoms with Crippen molar-refractivity contribution in [3.63, 3.8) is 0 Å². The number of nitro groups is 1. The molecule has 0 bridgehead atoms. The number of pyridine rings is 1. The number of hydrogen-bond acceptors (Lipinski definition) is 4. The molecule has 1 aromatic rings. The Bertz CT molecular complexity index is 358. The molecule has 0 fully saturated rings. The van der Waals surface area contributed by atoms with Gasteiger partial charge in [0.15, 0.2) is 5.69 Å². The van der Waals surface area contributed by atoms with Crippen molar-refractivity contribution in [2.45, 2.75) is 13.3 Å². The van der Waals surface area contributed by atoms with Crippen LogP contribution in [0, 0.1) is 17.0 Å². The quantitative estimate of drug-likeness (QED) is 0.587. The molecular formula is C7H7F2N3O2. The standard InChI is InChI=1S/C7H7F2N3O2/c1-3-6(7(8)9)4(10)2-5(11-3)12(13)14/h2,7H,1H3,(H2,10,11). The minimum absolute atomic E-state index is 0.119. The molecule has 1 heterocycles. The summed E-state index contributed by atoms with van der Waals surface area (Å²) in [6.07, 6.45) is -2.77. The van der Waals surface area contributed by atoms with Crippen LogP contribution in [0.1, 0.15) is 17.7 Å². The van der Waals surface area contributed by atoms with Crippen molar-refractivity contribution in [3.05, 3.63) is 27.4 Å². The second kappa shape index (κ2) is 3.52. The summed E-state index contributed by atoms with van der Waals surface area (Å²) >= 11 is 0. The molecule has 0 radical (unpaired) electrons. The van der Waals surface area contributed by atoms with Crippen molar-refractivity contribution >= 4 is 11.5 Å². The Balaban J connectivity index is 3.32. The van der Waals surface area contributed by atoms with Gasteiger partial charge in [-0.05, 0) is 9.91 Å². The topological polar surface area (TPSA) is 82.0 Å². The fraction of sp³-hybridized carbons (Fsp3) is 0.286. The number of nitrogens with two attached hydrogens (primary N) is 1. The average Bonchev–Trinajstić information content (AvgIpc) is 2.01. The van der Waals surface area contributed by atoms with Gasteiger partial charge in [-0.2, -0.15) is 0 Å². The molecule has 14 heavy (non-hydrogen) atoms. The lowest BCUT2D eigenvalue weighted by Gasteiger charge is -2.04. The molecule has 1 rings (SSSR count). The lowest BCUT2D eigenvalue weighted by atomic mass is 10.1. The summed E-state index contributed by atoms with van der Waals surface area (Å²) in [6, 6.07) is 0.828. The number of nitrogen functional groups attached to an aromatic ring is 1. The molecule has 0 aliphatic rings. The van der Waals surface area contributed by atoms with Crippen LogP contribution in [-0.4, -0.2) is 9.91 Å². The fourth-order valence-corrected chi connectivity index (χ4v) is 1.07. The Kier molecular flexibility index (Phi) is 2.59. The maximum Gasteiger partial charge on any atom is 0.365 e. The largest absolute Gasteiger partial charge is 0.398 e. The van der Waals surface area contributed by atoms with Crippen LogP contribution in [-0.2, 0) is 0 Å². The molecule has 0 amide bonds. The summed E-state index contributed by atoms with van der Waals surface area (Å²) in [6.45, 7) is 1.25. The number of aryl methyl sites for hydroxylation is 1. The summed E-state index contributed by atoms with van der Waals surface area (Å²) in [4.78, 5) is 12.9. The minimum Gasteiger partial charge on any atom is -0.398 e. The number of rotatable bonds is 2. The SMILES string of the molecule is Cc1nc([N+](=O)[O-])cc(N)c1C(F)F. The Morgan fingerprint density at radius 3 is 2.57 bits per heavy atom. The van der Waals surface area contributed by atoms with Gasteiger partial charge in [-0.3, -0.25) is 0 Å². The van der Waals surface area contributed by atoms with Crippen LogP contribution in [0.5, 0.6) is 0 Å². The highest BCUT2D eigenvalue weighted by Crippen LogP contribution is 2.29. The average molecular weight is 203 g/mol. The maximum absolute atomic E-state index is 12.3. The highest BCUT2D eigenvalue weighted by molar-refractivity contribution is 5.53. The zero-order valence-electron chi connectivity index (χ0n) is 7.20. The first kappa shape index (κ1) is 10.3. The van der Waals surface area contributed by atoms with Gasteiger partial charge in [0.25, 0.3) is 6.43 Å². The molecule has 0 saturated carbocycles. The first-order chi connectivity index (χ1) is 6.43. The van der Waals surface area contributed by atoms with E-state index in [1.165, 1.54) is 6.92 Å². The lowest BCUT2D eigenvalue weighted by Crippen LogP contribution is -2.03. The van der Waals surface area contributed by atoms with E-state index in [2.05, 4.69) is 4.98 Å². The molecule has 1 aromatic heterocycles. The van der Waals surface area contributed by atoms with Gasteiger partial charge in [0.1, 0.15) is 0 Å². The smallest absolute Gasteiger partial charge is 0.365 e. The van der Waals surface area contributed by atoms with E-state index in [-0.39, 0.29) is 11.4 Å². The molecule has 0 saturated heterocycles. The van der Waals surface area contributed by atoms with Crippen LogP contribution in [0.4, 0.5) is 20.3 Å². The molecule has 0 spiro atoms. The first-order valence-electron chi connectivity index (χ1n) is 3.63. The highest BCUT2D eigenvalue weighted by Gasteiger charge is 2.22. The van der Waals surface area contributed by atoms with Crippen LogP contribution in [0.25, 0.3) is 0 Å². The van der Waals surface area contributed by atoms with E-state index in [4.69, 9.17) is 5.73 Å². The molecule has 5 nitrogen and oxygen atoms in total. The number of anilines is 1. The lowest BCUT2D eigenvalue weighted by molar-refractivity contribution is -0.389. The van der Waals surface area contributed by atoms with Gasteiger partial charge in [0.05, 0.1) is 17.3 Å². The molecule has 0 unspecified atom stereocenters. The van der Waals surface area contributed by atoms with E-state index in [1.807, 2.05) is 0 Å². The van der Waals surface area contributed by atoms with Crippen molar-refractivity contribution in [3.8, 4) is 0 Å². The number of halogens is 2. The fourth-order valence-electron chi connectivity index (χ4n) is 1.07. The number of alkyl halides is 2. The Hall–Kier alpha value is -1.79. The molecule has 0 aromatic carbocycles. The van der Waals surface area contributed by atoms with Crippen molar-refractivity contribution in [1.82, 2.24) is 4.98 Å². The van der Waals surface area contributed by atoms with Gasteiger partial charge in [-0.15, -0.1) is 0 Å². The van der Waals surface area contributed by atoms with E-state index in [0.29, 0.717) is 0 Å². The van der Waals surface area contributed by atoms with Gasteiger partial charge in [0.2, 0.25) is 0 Å². The van der Waals surface area contributed by atoms with Crippen LogP contribution < -0.4 is 5.73 Å². The van der Waals surface area contributed by atoms with Gasteiger partial charge in [0, 0.05) is 6.92 Å². The van der Waals surface area contributed by atoms with Crippen molar-refractivity contribution < 1.29 is 13.7 Å². The van der Waals surface area contributed by atoms with Crippen LogP contribution in [0.3, 0.4) is 0 Å². The zero-order chi connectivity index (χ0) is 10.9. The molecule has 7 heteroatoms. The van der Waals surface area contributed by atoms with Crippen LogP contribution in [0.2, 0.25) is 0 Å². The molecule has 76 valence electrons. The van der Waals surface area contributed by atoms with E-state index >= 15 is 0 Å². The number of aromatic nitrogens is 1. The van der Waals surface area contributed by atoms with E-state index in [1.54, 1.807) is 0 Å². The van der Waals surface area contributed by atoms with Crippen LogP contribution >= 0.6 is 0 Å². The molecule has 2 N–H and O–H groups in total. The summed E-state index contributed by atoms with van der Waals surface area (Å²) < 4.78 is 24.7. The zero-order valence-corrected chi connectivity index (χ0v) is 7.20. The normalized spacial score (nSPS) is 10.6. The van der Waals surface area contributed by atoms with Gasteiger partial charge in [-0.25, -0.2) is 8.78 Å². The number of hydrogen-bond donors (Lipinski definition) is 1. The summed E-state index contributed by atoms with van der Waals surface area (Å²) in [5, 5.41) is 10.3. The molecule has 0 aliphatic heterocycles. The van der Waals surface area contributed by atoms with E-state index in [9.17, 15) is 18.9 Å². The van der Waals surface area contributed by atoms with E-state index < -0.39 is 22.7 Å². The van der Waals surface area contributed by atoms with Gasteiger partial charge >= 0.3 is 5.82 Å². The van der Waals surface area contributed by atoms with Gasteiger partial charge < -0.3 is 15.8 Å². The van der Waals surface area contributed by atoms with Crippen molar-refractivity contribution in [1.29, 1.82) is 0 Å². The Morgan fingerprint density at radius 1 is 1.64 bits per heavy atom. The van der Waals surface area contributed by atoms with Crippen molar-refractivity contribution in [2.24, 2.45) is 0 Å². The Labute approximate surface area is 77.7 Å². The second-order valence-electron chi connectivity index (χ2n) is 2.63. The molecule has 0 aliphatic carbocycles. The monoisotopic (exact) mass is 203 g/mol. The third-order valence-corrected chi connectivity index (χ3v) is 1.67. The maximum atomic E-state index is 12.3. The molecule has 0 atom stereocenters. The summed E-state index contributed by atoms with van der Waals surface area (Å²) in [5.41, 5.74) is 4.36. The Morgan fingerprint density at radius 2 is 2.21 bits per heavy atom. The first-order valence-corrected chi connectivity index (χ1v) is 3.63. The predicted octanol–water partition coefficient (Wildman–Crippen LogP) is 1.82. The molecular weight excluding hydrogens is 196 g/mol. The third-order valence-electron chi connectivity index (χ3n) is 1.67. The van der Waals surface area contributed by atoms with Gasteiger partial charge in [-0.1, -0.05) is 0 Å². The summed E-state index contributed by atoms with van der Waals surface area (Å²) in [5.74, 6) is -0.524. The third kappa shape index (κ3) is 1.76. The van der Waals surface area contributed by atoms with E-state index in [0.717, 1.165) is 6.07 Å².